The third-order valence-electron chi connectivity index (χ3n) is 5.20. The molecule has 1 aliphatic heterocycles. The molecule has 0 aliphatic carbocycles. The number of nitrogens with zero attached hydrogens (tertiary/aromatic N) is 2. The third kappa shape index (κ3) is 4.75. The molecule has 1 saturated heterocycles. The highest BCUT2D eigenvalue weighted by Gasteiger charge is 2.33. The fourth-order valence-corrected chi connectivity index (χ4v) is 3.83. The smallest absolute Gasteiger partial charge is 0.333 e. The maximum atomic E-state index is 13.2. The Bertz CT molecular complexity index is 938. The Morgan fingerprint density at radius 3 is 2.37 bits per heavy atom. The summed E-state index contributed by atoms with van der Waals surface area (Å²) in [6.07, 6.45) is -0.936. The normalized spacial score (nSPS) is 19.5. The number of hydrogen-bond donors (Lipinski definition) is 1. The Kier molecular flexibility index (Phi) is 6.36. The molecule has 2 amide bonds. The number of carbonyl (C=O) groups excluding carboxylic acids is 2. The SMILES string of the molecule is CC1CCCC(C)N1C(=O)c1cc(Cl)ccc1NC(=O)c1ccc(C(F)(F)F)nc1. The van der Waals surface area contributed by atoms with Crippen molar-refractivity contribution in [3.63, 3.8) is 0 Å². The van der Waals surface area contributed by atoms with Crippen molar-refractivity contribution in [2.24, 2.45) is 0 Å². The van der Waals surface area contributed by atoms with E-state index in [1.807, 2.05) is 13.8 Å². The van der Waals surface area contributed by atoms with E-state index in [0.717, 1.165) is 37.6 Å². The van der Waals surface area contributed by atoms with Gasteiger partial charge in [0, 0.05) is 23.3 Å². The van der Waals surface area contributed by atoms with Crippen LogP contribution in [0.4, 0.5) is 18.9 Å². The fourth-order valence-electron chi connectivity index (χ4n) is 3.65. The molecule has 1 fully saturated rings. The average molecular weight is 440 g/mol. The largest absolute Gasteiger partial charge is 0.433 e. The number of carbonyl (C=O) groups is 2. The van der Waals surface area contributed by atoms with Gasteiger partial charge in [0.05, 0.1) is 16.8 Å². The summed E-state index contributed by atoms with van der Waals surface area (Å²) < 4.78 is 38.0. The zero-order chi connectivity index (χ0) is 22.1. The number of halogens is 4. The maximum absolute atomic E-state index is 13.2. The molecule has 0 radical (unpaired) electrons. The number of anilines is 1. The summed E-state index contributed by atoms with van der Waals surface area (Å²) in [6.45, 7) is 3.95. The lowest BCUT2D eigenvalue weighted by Gasteiger charge is -2.39. The molecule has 0 saturated carbocycles. The van der Waals surface area contributed by atoms with Crippen molar-refractivity contribution in [3.05, 3.63) is 58.4 Å². The van der Waals surface area contributed by atoms with Crippen LogP contribution in [0.25, 0.3) is 0 Å². The van der Waals surface area contributed by atoms with Crippen molar-refractivity contribution in [2.45, 2.75) is 51.4 Å². The average Bonchev–Trinajstić information content (AvgIpc) is 2.68. The van der Waals surface area contributed by atoms with Crippen LogP contribution in [0.15, 0.2) is 36.5 Å². The van der Waals surface area contributed by atoms with Crippen molar-refractivity contribution in [1.82, 2.24) is 9.88 Å². The molecule has 2 heterocycles. The van der Waals surface area contributed by atoms with Crippen LogP contribution in [0.5, 0.6) is 0 Å². The molecule has 1 aliphatic rings. The molecule has 1 aromatic heterocycles. The second-order valence-electron chi connectivity index (χ2n) is 7.42. The van der Waals surface area contributed by atoms with Gasteiger partial charge in [-0.3, -0.25) is 14.6 Å². The van der Waals surface area contributed by atoms with Crippen molar-refractivity contribution >= 4 is 29.1 Å². The monoisotopic (exact) mass is 439 g/mol. The number of benzene rings is 1. The zero-order valence-corrected chi connectivity index (χ0v) is 17.2. The van der Waals surface area contributed by atoms with Crippen molar-refractivity contribution in [2.75, 3.05) is 5.32 Å². The highest BCUT2D eigenvalue weighted by atomic mass is 35.5. The minimum Gasteiger partial charge on any atom is -0.333 e. The number of alkyl halides is 3. The van der Waals surface area contributed by atoms with Gasteiger partial charge in [-0.05, 0) is 63.4 Å². The summed E-state index contributed by atoms with van der Waals surface area (Å²) in [7, 11) is 0. The zero-order valence-electron chi connectivity index (χ0n) is 16.5. The van der Waals surface area contributed by atoms with Gasteiger partial charge in [0.2, 0.25) is 0 Å². The summed E-state index contributed by atoms with van der Waals surface area (Å²) >= 11 is 6.09. The minimum absolute atomic E-state index is 0.0443. The van der Waals surface area contributed by atoms with E-state index < -0.39 is 17.8 Å². The van der Waals surface area contributed by atoms with Gasteiger partial charge in [0.25, 0.3) is 11.8 Å². The lowest BCUT2D eigenvalue weighted by Crippen LogP contribution is -2.47. The molecule has 3 rings (SSSR count). The predicted molar refractivity (Wildman–Crippen MR) is 108 cm³/mol. The molecule has 0 bridgehead atoms. The van der Waals surface area contributed by atoms with Crippen LogP contribution in [0.1, 0.15) is 59.5 Å². The molecule has 1 aromatic carbocycles. The van der Waals surface area contributed by atoms with Crippen molar-refractivity contribution in [1.29, 1.82) is 0 Å². The van der Waals surface area contributed by atoms with Gasteiger partial charge < -0.3 is 10.2 Å². The second-order valence-corrected chi connectivity index (χ2v) is 7.85. The van der Waals surface area contributed by atoms with Gasteiger partial charge in [0.1, 0.15) is 5.69 Å². The quantitative estimate of drug-likeness (QED) is 0.695. The first-order chi connectivity index (χ1) is 14.1. The van der Waals surface area contributed by atoms with Gasteiger partial charge in [-0.1, -0.05) is 11.6 Å². The van der Waals surface area contributed by atoms with Crippen LogP contribution >= 0.6 is 11.6 Å². The Balaban J connectivity index is 1.86. The molecule has 2 aromatic rings. The number of piperidine rings is 1. The lowest BCUT2D eigenvalue weighted by atomic mass is 9.96. The van der Waals surface area contributed by atoms with Gasteiger partial charge in [-0.15, -0.1) is 0 Å². The Labute approximate surface area is 177 Å². The molecule has 2 unspecified atom stereocenters. The summed E-state index contributed by atoms with van der Waals surface area (Å²) in [5.41, 5.74) is -0.680. The van der Waals surface area contributed by atoms with Crippen LogP contribution in [-0.4, -0.2) is 33.8 Å². The molecular formula is C21H21ClF3N3O2. The first-order valence-corrected chi connectivity index (χ1v) is 9.92. The number of pyridine rings is 1. The Morgan fingerprint density at radius 2 is 1.80 bits per heavy atom. The highest BCUT2D eigenvalue weighted by Crippen LogP contribution is 2.30. The number of likely N-dealkylation sites (tertiary alicyclic amines) is 1. The van der Waals surface area contributed by atoms with Gasteiger partial charge in [0.15, 0.2) is 0 Å². The second kappa shape index (κ2) is 8.63. The molecule has 0 spiro atoms. The van der Waals surface area contributed by atoms with E-state index in [4.69, 9.17) is 11.6 Å². The Morgan fingerprint density at radius 1 is 1.13 bits per heavy atom. The molecular weight excluding hydrogens is 419 g/mol. The number of rotatable bonds is 3. The summed E-state index contributed by atoms with van der Waals surface area (Å²) in [6, 6.07) is 6.38. The first-order valence-electron chi connectivity index (χ1n) is 9.54. The maximum Gasteiger partial charge on any atom is 0.433 e. The first kappa shape index (κ1) is 22.1. The summed E-state index contributed by atoms with van der Waals surface area (Å²) in [4.78, 5) is 30.9. The standard InChI is InChI=1S/C21H21ClF3N3O2/c1-12-4-3-5-13(2)28(12)20(30)16-10-15(22)7-8-17(16)27-19(29)14-6-9-18(26-11-14)21(23,24)25/h6-13H,3-5H2,1-2H3,(H,27,29). The van der Waals surface area contributed by atoms with Crippen LogP contribution < -0.4 is 5.32 Å². The summed E-state index contributed by atoms with van der Waals surface area (Å²) in [5, 5.41) is 2.93. The fraction of sp³-hybridized carbons (Fsp3) is 0.381. The molecule has 160 valence electrons. The van der Waals surface area contributed by atoms with E-state index >= 15 is 0 Å². The molecule has 2 atom stereocenters. The molecule has 30 heavy (non-hydrogen) atoms. The minimum atomic E-state index is -4.59. The van der Waals surface area contributed by atoms with Crippen LogP contribution in [0.3, 0.4) is 0 Å². The van der Waals surface area contributed by atoms with E-state index in [2.05, 4.69) is 10.3 Å². The number of aromatic nitrogens is 1. The van der Waals surface area contributed by atoms with Gasteiger partial charge >= 0.3 is 6.18 Å². The van der Waals surface area contributed by atoms with Crippen LogP contribution in [-0.2, 0) is 6.18 Å². The van der Waals surface area contributed by atoms with E-state index in [1.165, 1.54) is 18.2 Å². The number of amides is 2. The molecule has 9 heteroatoms. The van der Waals surface area contributed by atoms with E-state index in [0.29, 0.717) is 5.02 Å². The number of nitrogens with one attached hydrogen (secondary N) is 1. The Hall–Kier alpha value is -2.61. The topological polar surface area (TPSA) is 62.3 Å². The van der Waals surface area contributed by atoms with E-state index in [9.17, 15) is 22.8 Å². The number of hydrogen-bond acceptors (Lipinski definition) is 3. The van der Waals surface area contributed by atoms with Gasteiger partial charge in [-0.25, -0.2) is 0 Å². The van der Waals surface area contributed by atoms with E-state index in [1.54, 1.807) is 4.90 Å². The predicted octanol–water partition coefficient (Wildman–Crippen LogP) is 5.41. The van der Waals surface area contributed by atoms with Crippen LogP contribution in [0.2, 0.25) is 5.02 Å². The summed E-state index contributed by atoms with van der Waals surface area (Å²) in [5.74, 6) is -0.926. The third-order valence-corrected chi connectivity index (χ3v) is 5.44. The van der Waals surface area contributed by atoms with Crippen molar-refractivity contribution < 1.29 is 22.8 Å². The van der Waals surface area contributed by atoms with E-state index in [-0.39, 0.29) is 34.8 Å². The van der Waals surface area contributed by atoms with Crippen LogP contribution in [0, 0.1) is 0 Å². The molecule has 1 N–H and O–H groups in total. The molecule has 5 nitrogen and oxygen atoms in total. The lowest BCUT2D eigenvalue weighted by molar-refractivity contribution is -0.141. The van der Waals surface area contributed by atoms with Crippen molar-refractivity contribution in [3.8, 4) is 0 Å². The van der Waals surface area contributed by atoms with Gasteiger partial charge in [-0.2, -0.15) is 13.2 Å². The highest BCUT2D eigenvalue weighted by molar-refractivity contribution is 6.31.